The molecule has 0 aliphatic carbocycles. The molecule has 1 unspecified atom stereocenters. The van der Waals surface area contributed by atoms with Crippen molar-refractivity contribution >= 4 is 27.8 Å². The Hall–Kier alpha value is -4.25. The molecule has 0 aliphatic rings. The van der Waals surface area contributed by atoms with Gasteiger partial charge in [0, 0.05) is 34.4 Å². The minimum atomic E-state index is 0.221. The fourth-order valence-corrected chi connectivity index (χ4v) is 4.08. The van der Waals surface area contributed by atoms with E-state index in [1.807, 2.05) is 37.3 Å². The number of hydrogen-bond donors (Lipinski definition) is 1. The molecule has 3 heterocycles. The van der Waals surface area contributed by atoms with Crippen LogP contribution in [0.25, 0.3) is 38.8 Å². The van der Waals surface area contributed by atoms with E-state index < -0.39 is 0 Å². The third-order valence-electron chi connectivity index (χ3n) is 5.84. The topological polar surface area (TPSA) is 69.6 Å². The molecule has 3 aromatic heterocycles. The summed E-state index contributed by atoms with van der Waals surface area (Å²) < 4.78 is 2.06. The second-order valence-electron chi connectivity index (χ2n) is 8.05. The van der Waals surface area contributed by atoms with Crippen LogP contribution in [0.5, 0.6) is 0 Å². The van der Waals surface area contributed by atoms with Crippen LogP contribution in [0, 0.1) is 0 Å². The number of anilines is 1. The van der Waals surface area contributed by atoms with E-state index in [0.29, 0.717) is 5.82 Å². The van der Waals surface area contributed by atoms with Crippen LogP contribution in [0.3, 0.4) is 0 Å². The summed E-state index contributed by atoms with van der Waals surface area (Å²) in [4.78, 5) is 13.8. The quantitative estimate of drug-likeness (QED) is 0.325. The van der Waals surface area contributed by atoms with Gasteiger partial charge in [0.2, 0.25) is 0 Å². The van der Waals surface area contributed by atoms with Crippen LogP contribution in [-0.2, 0) is 0 Å². The zero-order chi connectivity index (χ0) is 22.8. The van der Waals surface area contributed by atoms with Gasteiger partial charge in [-0.15, -0.1) is 0 Å². The monoisotopic (exact) mass is 431 g/mol. The molecule has 5 rings (SSSR count). The highest BCUT2D eigenvalue weighted by Gasteiger charge is 2.16. The van der Waals surface area contributed by atoms with Gasteiger partial charge in [0.15, 0.2) is 5.65 Å². The smallest absolute Gasteiger partial charge is 0.150 e. The normalized spacial score (nSPS) is 12.9. The lowest BCUT2D eigenvalue weighted by Crippen LogP contribution is -1.96. The largest absolute Gasteiger partial charge is 0.383 e. The van der Waals surface area contributed by atoms with Gasteiger partial charge in [-0.25, -0.2) is 9.97 Å². The number of rotatable bonds is 5. The fraction of sp³-hybridized carbons (Fsp3) is 0.107. The number of nitrogens with two attached hydrogens (primary N) is 1. The first-order valence-corrected chi connectivity index (χ1v) is 11.0. The minimum Gasteiger partial charge on any atom is -0.383 e. The number of para-hydroxylation sites is 1. The average molecular weight is 432 g/mol. The van der Waals surface area contributed by atoms with Crippen LogP contribution in [0.1, 0.15) is 25.5 Å². The Balaban J connectivity index is 1.65. The highest BCUT2D eigenvalue weighted by Crippen LogP contribution is 2.35. The molecule has 2 aromatic carbocycles. The fourth-order valence-electron chi connectivity index (χ4n) is 4.08. The molecular weight excluding hydrogens is 406 g/mol. The Labute approximate surface area is 193 Å². The lowest BCUT2D eigenvalue weighted by Gasteiger charge is -2.08. The van der Waals surface area contributed by atoms with Gasteiger partial charge in [0.05, 0.1) is 10.9 Å². The Bertz CT molecular complexity index is 1500. The maximum Gasteiger partial charge on any atom is 0.150 e. The van der Waals surface area contributed by atoms with Crippen LogP contribution in [-0.4, -0.2) is 19.5 Å². The van der Waals surface area contributed by atoms with Gasteiger partial charge in [-0.05, 0) is 36.8 Å². The van der Waals surface area contributed by atoms with Crippen LogP contribution in [0.2, 0.25) is 0 Å². The number of pyridine rings is 1. The number of aromatic nitrogens is 4. The zero-order valence-corrected chi connectivity index (χ0v) is 18.7. The van der Waals surface area contributed by atoms with E-state index in [1.54, 1.807) is 0 Å². The summed E-state index contributed by atoms with van der Waals surface area (Å²) in [6.07, 6.45) is 11.9. The van der Waals surface area contributed by atoms with Gasteiger partial charge in [0.25, 0.3) is 0 Å². The Kier molecular flexibility index (Phi) is 5.45. The maximum atomic E-state index is 6.33. The Morgan fingerprint density at radius 2 is 1.79 bits per heavy atom. The first kappa shape index (κ1) is 20.6. The van der Waals surface area contributed by atoms with Crippen molar-refractivity contribution in [3.63, 3.8) is 0 Å². The number of nitrogens with zero attached hydrogens (tertiary/aromatic N) is 4. The maximum absolute atomic E-state index is 6.33. The van der Waals surface area contributed by atoms with Gasteiger partial charge >= 0.3 is 0 Å². The molecule has 0 radical (unpaired) electrons. The highest BCUT2D eigenvalue weighted by molar-refractivity contribution is 6.02. The molecule has 0 saturated carbocycles. The molecular formula is C28H25N5. The number of fused-ring (bicyclic) bond motifs is 2. The van der Waals surface area contributed by atoms with Crippen LogP contribution >= 0.6 is 0 Å². The van der Waals surface area contributed by atoms with Crippen LogP contribution in [0.4, 0.5) is 5.82 Å². The lowest BCUT2D eigenvalue weighted by atomic mass is 10.0. The van der Waals surface area contributed by atoms with Crippen molar-refractivity contribution in [2.45, 2.75) is 19.8 Å². The molecule has 5 heteroatoms. The molecule has 162 valence electrons. The van der Waals surface area contributed by atoms with E-state index in [2.05, 4.69) is 82.3 Å². The van der Waals surface area contributed by atoms with Crippen LogP contribution < -0.4 is 5.73 Å². The summed E-state index contributed by atoms with van der Waals surface area (Å²) in [6.45, 7) is 4.17. The van der Waals surface area contributed by atoms with E-state index in [9.17, 15) is 0 Å². The number of benzene rings is 2. The first-order chi connectivity index (χ1) is 16.2. The van der Waals surface area contributed by atoms with E-state index in [4.69, 9.17) is 10.7 Å². The molecule has 5 aromatic rings. The molecule has 0 saturated heterocycles. The third-order valence-corrected chi connectivity index (χ3v) is 5.84. The number of allylic oxidation sites excluding steroid dienone is 4. The Morgan fingerprint density at radius 1 is 0.970 bits per heavy atom. The second-order valence-corrected chi connectivity index (χ2v) is 8.05. The molecule has 1 atom stereocenters. The molecule has 0 bridgehead atoms. The van der Waals surface area contributed by atoms with Gasteiger partial charge in [-0.2, -0.15) is 0 Å². The van der Waals surface area contributed by atoms with Crippen molar-refractivity contribution < 1.29 is 0 Å². The molecule has 0 fully saturated rings. The van der Waals surface area contributed by atoms with Gasteiger partial charge in [0.1, 0.15) is 12.1 Å². The average Bonchev–Trinajstić information content (AvgIpc) is 3.25. The minimum absolute atomic E-state index is 0.221. The van der Waals surface area contributed by atoms with Crippen molar-refractivity contribution in [3.05, 3.63) is 103 Å². The number of hydrogen-bond acceptors (Lipinski definition) is 4. The lowest BCUT2D eigenvalue weighted by molar-refractivity contribution is 0.918. The van der Waals surface area contributed by atoms with E-state index in [0.717, 1.165) is 44.4 Å². The molecule has 0 aliphatic heterocycles. The van der Waals surface area contributed by atoms with E-state index in [1.165, 1.54) is 6.33 Å². The Morgan fingerprint density at radius 3 is 2.61 bits per heavy atom. The van der Waals surface area contributed by atoms with Crippen LogP contribution in [0.15, 0.2) is 97.5 Å². The third kappa shape index (κ3) is 3.89. The van der Waals surface area contributed by atoms with E-state index >= 15 is 0 Å². The predicted molar refractivity (Wildman–Crippen MR) is 136 cm³/mol. The molecule has 0 spiro atoms. The second kappa shape index (κ2) is 8.71. The van der Waals surface area contributed by atoms with Crippen molar-refractivity contribution in [1.29, 1.82) is 0 Å². The van der Waals surface area contributed by atoms with Gasteiger partial charge in [-0.1, -0.05) is 67.6 Å². The first-order valence-electron chi connectivity index (χ1n) is 11.0. The summed E-state index contributed by atoms with van der Waals surface area (Å²) in [7, 11) is 0. The van der Waals surface area contributed by atoms with Crippen molar-refractivity contribution in [3.8, 4) is 16.8 Å². The summed E-state index contributed by atoms with van der Waals surface area (Å²) >= 11 is 0. The van der Waals surface area contributed by atoms with Crippen molar-refractivity contribution in [2.75, 3.05) is 5.73 Å². The number of nitrogen functional groups attached to an aromatic ring is 1. The van der Waals surface area contributed by atoms with Crippen molar-refractivity contribution in [1.82, 2.24) is 19.5 Å². The standard InChI is InChI=1S/C28H25N5/c1-3-4-6-9-19(2)24-15-14-20-12-13-21(16-25(20)32-24)23-17-33(22-10-7-5-8-11-22)28-26(23)27(29)30-18-31-28/h3-19H,1-2H3,(H2,29,30,31)/b4-3-,9-6-. The molecule has 2 N–H and O–H groups in total. The van der Waals surface area contributed by atoms with Gasteiger partial charge < -0.3 is 10.3 Å². The summed E-state index contributed by atoms with van der Waals surface area (Å²) in [5.41, 5.74) is 12.1. The summed E-state index contributed by atoms with van der Waals surface area (Å²) in [5, 5.41) is 1.95. The molecule has 5 nitrogen and oxygen atoms in total. The van der Waals surface area contributed by atoms with Crippen molar-refractivity contribution in [2.24, 2.45) is 0 Å². The van der Waals surface area contributed by atoms with E-state index in [-0.39, 0.29) is 5.92 Å². The van der Waals surface area contributed by atoms with Gasteiger partial charge in [-0.3, -0.25) is 4.98 Å². The summed E-state index contributed by atoms with van der Waals surface area (Å²) in [5.74, 6) is 0.688. The molecule has 33 heavy (non-hydrogen) atoms. The summed E-state index contributed by atoms with van der Waals surface area (Å²) in [6, 6.07) is 20.7. The highest BCUT2D eigenvalue weighted by atomic mass is 15.1. The zero-order valence-electron chi connectivity index (χ0n) is 18.7. The SMILES string of the molecule is C/C=C\C=C/C(C)c1ccc2ccc(-c3cn(-c4ccccc4)c4ncnc(N)c34)cc2n1. The predicted octanol–water partition coefficient (Wildman–Crippen LogP) is 6.45. The molecule has 0 amide bonds.